The third kappa shape index (κ3) is 4.88. The van der Waals surface area contributed by atoms with Gasteiger partial charge in [0.15, 0.2) is 0 Å². The summed E-state index contributed by atoms with van der Waals surface area (Å²) in [6.45, 7) is 7.40. The summed E-state index contributed by atoms with van der Waals surface area (Å²) in [5, 5.41) is 3.45. The first-order valence-corrected chi connectivity index (χ1v) is 12.6. The summed E-state index contributed by atoms with van der Waals surface area (Å²) in [6.07, 6.45) is 0.330. The number of benzene rings is 1. The number of piperazine rings is 1. The number of hydrazine groups is 1. The van der Waals surface area contributed by atoms with E-state index >= 15 is 0 Å². The standard InChI is InChI=1S/C21H32N6O5S/c1-4-21(17-10-8-7-9-11-17)19(29)27(20(30)22-21)23-18(28)16-24-12-14-26(15-13-24)33(31,32)25(5-2)6-3/h7-11H,4-6,12-16H2,1-3H3,(H,22,30)(H,23,28)/t21-/m0/s1. The van der Waals surface area contributed by atoms with E-state index < -0.39 is 33.6 Å². The van der Waals surface area contributed by atoms with E-state index in [4.69, 9.17) is 0 Å². The highest BCUT2D eigenvalue weighted by atomic mass is 32.2. The fourth-order valence-electron chi connectivity index (χ4n) is 4.23. The minimum atomic E-state index is -3.52. The van der Waals surface area contributed by atoms with Crippen molar-refractivity contribution in [1.82, 2.24) is 29.3 Å². The molecule has 0 spiro atoms. The predicted octanol–water partition coefficient (Wildman–Crippen LogP) is 0.0791. The first-order chi connectivity index (χ1) is 15.7. The van der Waals surface area contributed by atoms with Gasteiger partial charge in [-0.25, -0.2) is 4.79 Å². The molecule has 0 aromatic heterocycles. The Morgan fingerprint density at radius 2 is 1.67 bits per heavy atom. The third-order valence-electron chi connectivity index (χ3n) is 6.18. The SMILES string of the molecule is CCN(CC)S(=O)(=O)N1CCN(CC(=O)NN2C(=O)N[C@@](CC)(c3ccccc3)C2=O)CC1. The second-order valence-corrected chi connectivity index (χ2v) is 9.93. The van der Waals surface area contributed by atoms with Gasteiger partial charge in [-0.05, 0) is 12.0 Å². The van der Waals surface area contributed by atoms with E-state index in [9.17, 15) is 22.8 Å². The molecule has 0 unspecified atom stereocenters. The van der Waals surface area contributed by atoms with Crippen LogP contribution in [0.25, 0.3) is 0 Å². The molecule has 33 heavy (non-hydrogen) atoms. The zero-order valence-corrected chi connectivity index (χ0v) is 20.1. The van der Waals surface area contributed by atoms with Crippen LogP contribution in [0.15, 0.2) is 30.3 Å². The van der Waals surface area contributed by atoms with Gasteiger partial charge in [0.25, 0.3) is 22.0 Å². The summed E-state index contributed by atoms with van der Waals surface area (Å²) in [4.78, 5) is 40.0. The largest absolute Gasteiger partial charge is 0.344 e. The zero-order valence-electron chi connectivity index (χ0n) is 19.3. The first kappa shape index (κ1) is 25.1. The number of hydrogen-bond donors (Lipinski definition) is 2. The molecule has 182 valence electrons. The van der Waals surface area contributed by atoms with Crippen LogP contribution in [-0.2, 0) is 25.3 Å². The maximum atomic E-state index is 13.1. The molecule has 2 aliphatic rings. The lowest BCUT2D eigenvalue weighted by Gasteiger charge is -2.36. The molecule has 12 heteroatoms. The van der Waals surface area contributed by atoms with Crippen molar-refractivity contribution in [3.05, 3.63) is 35.9 Å². The number of rotatable bonds is 9. The van der Waals surface area contributed by atoms with Crippen molar-refractivity contribution in [2.45, 2.75) is 32.7 Å². The van der Waals surface area contributed by atoms with Gasteiger partial charge >= 0.3 is 6.03 Å². The molecule has 3 rings (SSSR count). The molecule has 4 amide bonds. The summed E-state index contributed by atoms with van der Waals surface area (Å²) in [5.74, 6) is -1.05. The van der Waals surface area contributed by atoms with E-state index in [2.05, 4.69) is 10.7 Å². The van der Waals surface area contributed by atoms with E-state index in [1.54, 1.807) is 49.9 Å². The van der Waals surface area contributed by atoms with Crippen molar-refractivity contribution >= 4 is 28.1 Å². The molecule has 1 aromatic carbocycles. The number of imide groups is 1. The zero-order chi connectivity index (χ0) is 24.2. The topological polar surface area (TPSA) is 122 Å². The van der Waals surface area contributed by atoms with Crippen LogP contribution in [0.4, 0.5) is 4.79 Å². The van der Waals surface area contributed by atoms with Crippen molar-refractivity contribution in [2.24, 2.45) is 0 Å². The summed E-state index contributed by atoms with van der Waals surface area (Å²) < 4.78 is 28.1. The molecular weight excluding hydrogens is 448 g/mol. The second kappa shape index (κ2) is 10.2. The molecule has 0 saturated carbocycles. The lowest BCUT2D eigenvalue weighted by atomic mass is 9.87. The van der Waals surface area contributed by atoms with Crippen LogP contribution < -0.4 is 10.7 Å². The average molecular weight is 481 g/mol. The maximum Gasteiger partial charge on any atom is 0.344 e. The van der Waals surface area contributed by atoms with Crippen LogP contribution in [0.5, 0.6) is 0 Å². The first-order valence-electron chi connectivity index (χ1n) is 11.2. The molecule has 1 atom stereocenters. The predicted molar refractivity (Wildman–Crippen MR) is 122 cm³/mol. The number of carbonyl (C=O) groups excluding carboxylic acids is 3. The molecule has 0 aliphatic carbocycles. The van der Waals surface area contributed by atoms with Crippen molar-refractivity contribution in [1.29, 1.82) is 0 Å². The smallest absolute Gasteiger partial charge is 0.318 e. The monoisotopic (exact) mass is 480 g/mol. The van der Waals surface area contributed by atoms with E-state index in [1.807, 2.05) is 6.07 Å². The number of carbonyl (C=O) groups is 3. The number of amides is 4. The Labute approximate surface area is 194 Å². The van der Waals surface area contributed by atoms with Crippen LogP contribution in [0.1, 0.15) is 32.8 Å². The lowest BCUT2D eigenvalue weighted by molar-refractivity contribution is -0.140. The molecule has 2 fully saturated rings. The number of nitrogens with zero attached hydrogens (tertiary/aromatic N) is 4. The quantitative estimate of drug-likeness (QED) is 0.483. The molecular formula is C21H32N6O5S. The molecule has 2 N–H and O–H groups in total. The molecule has 0 bridgehead atoms. The van der Waals surface area contributed by atoms with E-state index in [-0.39, 0.29) is 19.6 Å². The van der Waals surface area contributed by atoms with Crippen molar-refractivity contribution < 1.29 is 22.8 Å². The van der Waals surface area contributed by atoms with Gasteiger partial charge in [0, 0.05) is 39.3 Å². The third-order valence-corrected chi connectivity index (χ3v) is 8.37. The van der Waals surface area contributed by atoms with Gasteiger partial charge in [-0.15, -0.1) is 0 Å². The summed E-state index contributed by atoms with van der Waals surface area (Å²) in [5.41, 5.74) is 1.83. The van der Waals surface area contributed by atoms with Crippen LogP contribution in [0, 0.1) is 0 Å². The number of urea groups is 1. The van der Waals surface area contributed by atoms with Gasteiger partial charge in [0.1, 0.15) is 5.54 Å². The van der Waals surface area contributed by atoms with Crippen LogP contribution in [0.3, 0.4) is 0 Å². The summed E-state index contributed by atoms with van der Waals surface area (Å²) >= 11 is 0. The lowest BCUT2D eigenvalue weighted by Crippen LogP contribution is -2.56. The summed E-state index contributed by atoms with van der Waals surface area (Å²) in [7, 11) is -3.52. The highest BCUT2D eigenvalue weighted by Gasteiger charge is 2.52. The van der Waals surface area contributed by atoms with Gasteiger partial charge in [-0.1, -0.05) is 51.1 Å². The fraction of sp³-hybridized carbons (Fsp3) is 0.571. The van der Waals surface area contributed by atoms with E-state index in [1.165, 1.54) is 8.61 Å². The van der Waals surface area contributed by atoms with Gasteiger partial charge in [0.2, 0.25) is 0 Å². The Kier molecular flexibility index (Phi) is 7.73. The van der Waals surface area contributed by atoms with E-state index in [0.29, 0.717) is 38.2 Å². The summed E-state index contributed by atoms with van der Waals surface area (Å²) in [6, 6.07) is 8.23. The molecule has 11 nitrogen and oxygen atoms in total. The van der Waals surface area contributed by atoms with Crippen LogP contribution >= 0.6 is 0 Å². The Morgan fingerprint density at radius 3 is 2.21 bits per heavy atom. The maximum absolute atomic E-state index is 13.1. The van der Waals surface area contributed by atoms with Crippen LogP contribution in [-0.4, -0.2) is 90.6 Å². The Hall–Kier alpha value is -2.54. The molecule has 2 aliphatic heterocycles. The highest BCUT2D eigenvalue weighted by Crippen LogP contribution is 2.31. The van der Waals surface area contributed by atoms with Gasteiger partial charge < -0.3 is 5.32 Å². The highest BCUT2D eigenvalue weighted by molar-refractivity contribution is 7.86. The van der Waals surface area contributed by atoms with Gasteiger partial charge in [0.05, 0.1) is 6.54 Å². The molecule has 0 radical (unpaired) electrons. The Balaban J connectivity index is 1.59. The second-order valence-electron chi connectivity index (χ2n) is 8.00. The molecule has 1 aromatic rings. The minimum Gasteiger partial charge on any atom is -0.318 e. The van der Waals surface area contributed by atoms with Crippen molar-refractivity contribution in [3.63, 3.8) is 0 Å². The minimum absolute atomic E-state index is 0.0549. The van der Waals surface area contributed by atoms with Gasteiger partial charge in [-0.2, -0.15) is 22.0 Å². The Bertz CT molecular complexity index is 976. The number of nitrogens with one attached hydrogen (secondary N) is 2. The van der Waals surface area contributed by atoms with E-state index in [0.717, 1.165) is 5.01 Å². The van der Waals surface area contributed by atoms with Crippen LogP contribution in [0.2, 0.25) is 0 Å². The average Bonchev–Trinajstić information content (AvgIpc) is 3.05. The van der Waals surface area contributed by atoms with Crippen molar-refractivity contribution in [2.75, 3.05) is 45.8 Å². The van der Waals surface area contributed by atoms with Crippen molar-refractivity contribution in [3.8, 4) is 0 Å². The van der Waals surface area contributed by atoms with Gasteiger partial charge in [-0.3, -0.25) is 19.9 Å². The fourth-order valence-corrected chi connectivity index (χ4v) is 5.84. The number of hydrogen-bond acceptors (Lipinski definition) is 6. The normalized spacial score (nSPS) is 22.6. The molecule has 2 heterocycles. The molecule has 2 saturated heterocycles. The Morgan fingerprint density at radius 1 is 1.06 bits per heavy atom.